The summed E-state index contributed by atoms with van der Waals surface area (Å²) in [7, 11) is 0. The zero-order valence-corrected chi connectivity index (χ0v) is 10.3. The van der Waals surface area contributed by atoms with E-state index >= 15 is 0 Å². The third-order valence-electron chi connectivity index (χ3n) is 3.39. The van der Waals surface area contributed by atoms with Crippen LogP contribution in [0.2, 0.25) is 0 Å². The van der Waals surface area contributed by atoms with E-state index in [1.807, 2.05) is 11.8 Å². The molecule has 1 aliphatic heterocycles. The Kier molecular flexibility index (Phi) is 3.60. The molecular weight excluding hydrogens is 232 g/mol. The van der Waals surface area contributed by atoms with Gasteiger partial charge in [0, 0.05) is 30.3 Å². The van der Waals surface area contributed by atoms with Gasteiger partial charge in [-0.25, -0.2) is 0 Å². The Morgan fingerprint density at radius 3 is 2.56 bits per heavy atom. The quantitative estimate of drug-likeness (QED) is 0.597. The molecule has 1 aromatic rings. The average molecular weight is 248 g/mol. The van der Waals surface area contributed by atoms with E-state index in [1.165, 1.54) is 24.3 Å². The van der Waals surface area contributed by atoms with E-state index < -0.39 is 4.92 Å². The smallest absolute Gasteiger partial charge is 0.269 e. The van der Waals surface area contributed by atoms with Crippen LogP contribution in [-0.2, 0) is 0 Å². The van der Waals surface area contributed by atoms with Crippen LogP contribution >= 0.6 is 0 Å². The Hall–Kier alpha value is -1.91. The van der Waals surface area contributed by atoms with Crippen LogP contribution in [0.25, 0.3) is 0 Å². The number of benzene rings is 1. The molecule has 0 radical (unpaired) electrons. The maximum atomic E-state index is 12.2. The number of nitro benzene ring substituents is 1. The van der Waals surface area contributed by atoms with Crippen LogP contribution in [0.3, 0.4) is 0 Å². The standard InChI is InChI=1S/C13H16N2O3/c1-10-4-2-3-9-14(10)13(16)11-5-7-12(8-6-11)15(17)18/h5-8,10H,2-4,9H2,1H3/t10-/m0/s1. The summed E-state index contributed by atoms with van der Waals surface area (Å²) < 4.78 is 0. The minimum absolute atomic E-state index is 0.0123. The zero-order valence-electron chi connectivity index (χ0n) is 10.3. The fourth-order valence-corrected chi connectivity index (χ4v) is 2.29. The summed E-state index contributed by atoms with van der Waals surface area (Å²) in [4.78, 5) is 24.2. The highest BCUT2D eigenvalue weighted by Crippen LogP contribution is 2.20. The maximum absolute atomic E-state index is 12.2. The molecule has 0 bridgehead atoms. The highest BCUT2D eigenvalue weighted by molar-refractivity contribution is 5.94. The summed E-state index contributed by atoms with van der Waals surface area (Å²) in [5.41, 5.74) is 0.535. The zero-order chi connectivity index (χ0) is 13.1. The minimum Gasteiger partial charge on any atom is -0.336 e. The molecule has 1 atom stereocenters. The third-order valence-corrected chi connectivity index (χ3v) is 3.39. The van der Waals surface area contributed by atoms with Crippen LogP contribution in [0, 0.1) is 10.1 Å². The van der Waals surface area contributed by atoms with Gasteiger partial charge in [-0.1, -0.05) is 0 Å². The van der Waals surface area contributed by atoms with Crippen molar-refractivity contribution in [2.24, 2.45) is 0 Å². The SMILES string of the molecule is C[C@H]1CCCCN1C(=O)c1ccc([N+](=O)[O-])cc1. The van der Waals surface area contributed by atoms with Crippen molar-refractivity contribution in [3.05, 3.63) is 39.9 Å². The Labute approximate surface area is 106 Å². The summed E-state index contributed by atoms with van der Waals surface area (Å²) >= 11 is 0. The van der Waals surface area contributed by atoms with Crippen molar-refractivity contribution in [1.29, 1.82) is 0 Å². The van der Waals surface area contributed by atoms with Crippen LogP contribution in [-0.4, -0.2) is 28.3 Å². The van der Waals surface area contributed by atoms with E-state index in [0.29, 0.717) is 5.56 Å². The fraction of sp³-hybridized carbons (Fsp3) is 0.462. The molecule has 1 aliphatic rings. The predicted molar refractivity (Wildman–Crippen MR) is 67.4 cm³/mol. The van der Waals surface area contributed by atoms with Gasteiger partial charge in [0.25, 0.3) is 11.6 Å². The second-order valence-corrected chi connectivity index (χ2v) is 4.65. The highest BCUT2D eigenvalue weighted by atomic mass is 16.6. The van der Waals surface area contributed by atoms with Crippen LogP contribution in [0.5, 0.6) is 0 Å². The third kappa shape index (κ3) is 2.50. The molecule has 0 unspecified atom stereocenters. The summed E-state index contributed by atoms with van der Waals surface area (Å²) in [6, 6.07) is 6.06. The van der Waals surface area contributed by atoms with Gasteiger partial charge in [-0.2, -0.15) is 0 Å². The van der Waals surface area contributed by atoms with Gasteiger partial charge in [-0.15, -0.1) is 0 Å². The fourth-order valence-electron chi connectivity index (χ4n) is 2.29. The van der Waals surface area contributed by atoms with E-state index in [0.717, 1.165) is 25.8 Å². The number of nitrogens with zero attached hydrogens (tertiary/aromatic N) is 2. The van der Waals surface area contributed by atoms with Crippen molar-refractivity contribution in [3.8, 4) is 0 Å². The lowest BCUT2D eigenvalue weighted by Crippen LogP contribution is -2.41. The first kappa shape index (κ1) is 12.5. The van der Waals surface area contributed by atoms with Crippen molar-refractivity contribution in [2.45, 2.75) is 32.2 Å². The maximum Gasteiger partial charge on any atom is 0.269 e. The molecule has 1 amide bonds. The van der Waals surface area contributed by atoms with Crippen LogP contribution in [0.1, 0.15) is 36.5 Å². The number of nitro groups is 1. The second kappa shape index (κ2) is 5.16. The summed E-state index contributed by atoms with van der Waals surface area (Å²) in [6.45, 7) is 2.82. The topological polar surface area (TPSA) is 63.5 Å². The summed E-state index contributed by atoms with van der Waals surface area (Å²) in [6.07, 6.45) is 3.22. The second-order valence-electron chi connectivity index (χ2n) is 4.65. The lowest BCUT2D eigenvalue weighted by atomic mass is 10.0. The molecule has 0 saturated carbocycles. The number of amides is 1. The van der Waals surface area contributed by atoms with Gasteiger partial charge in [-0.05, 0) is 38.3 Å². The molecule has 1 aromatic carbocycles. The molecule has 18 heavy (non-hydrogen) atoms. The van der Waals surface area contributed by atoms with Gasteiger partial charge >= 0.3 is 0 Å². The van der Waals surface area contributed by atoms with Crippen molar-refractivity contribution < 1.29 is 9.72 Å². The predicted octanol–water partition coefficient (Wildman–Crippen LogP) is 2.61. The molecule has 96 valence electrons. The molecule has 2 rings (SSSR count). The van der Waals surface area contributed by atoms with Crippen molar-refractivity contribution >= 4 is 11.6 Å². The van der Waals surface area contributed by atoms with Gasteiger partial charge in [0.15, 0.2) is 0 Å². The number of piperidine rings is 1. The van der Waals surface area contributed by atoms with E-state index in [-0.39, 0.29) is 17.6 Å². The highest BCUT2D eigenvalue weighted by Gasteiger charge is 2.24. The first-order valence-corrected chi connectivity index (χ1v) is 6.15. The van der Waals surface area contributed by atoms with E-state index in [1.54, 1.807) is 0 Å². The molecule has 5 nitrogen and oxygen atoms in total. The number of hydrogen-bond donors (Lipinski definition) is 0. The molecule has 1 fully saturated rings. The largest absolute Gasteiger partial charge is 0.336 e. The van der Waals surface area contributed by atoms with Gasteiger partial charge < -0.3 is 4.90 Å². The lowest BCUT2D eigenvalue weighted by Gasteiger charge is -2.33. The van der Waals surface area contributed by atoms with Crippen LogP contribution < -0.4 is 0 Å². The van der Waals surface area contributed by atoms with Gasteiger partial charge in [-0.3, -0.25) is 14.9 Å². The first-order chi connectivity index (χ1) is 8.59. The molecule has 5 heteroatoms. The lowest BCUT2D eigenvalue weighted by molar-refractivity contribution is -0.384. The first-order valence-electron chi connectivity index (χ1n) is 6.15. The van der Waals surface area contributed by atoms with Gasteiger partial charge in [0.1, 0.15) is 0 Å². The summed E-state index contributed by atoms with van der Waals surface area (Å²) in [5.74, 6) is -0.0305. The molecular formula is C13H16N2O3. The Balaban J connectivity index is 2.15. The number of rotatable bonds is 2. The number of carbonyl (C=O) groups excluding carboxylic acids is 1. The van der Waals surface area contributed by atoms with E-state index in [2.05, 4.69) is 0 Å². The monoisotopic (exact) mass is 248 g/mol. The van der Waals surface area contributed by atoms with Crippen LogP contribution in [0.4, 0.5) is 5.69 Å². The van der Waals surface area contributed by atoms with Crippen molar-refractivity contribution in [3.63, 3.8) is 0 Å². The molecule has 0 N–H and O–H groups in total. The summed E-state index contributed by atoms with van der Waals surface area (Å²) in [5, 5.41) is 10.5. The molecule has 0 aromatic heterocycles. The van der Waals surface area contributed by atoms with Gasteiger partial charge in [0.05, 0.1) is 4.92 Å². The van der Waals surface area contributed by atoms with Crippen molar-refractivity contribution in [1.82, 2.24) is 4.90 Å². The Bertz CT molecular complexity index is 456. The number of carbonyl (C=O) groups is 1. The Morgan fingerprint density at radius 1 is 1.33 bits per heavy atom. The van der Waals surface area contributed by atoms with Crippen molar-refractivity contribution in [2.75, 3.05) is 6.54 Å². The number of hydrogen-bond acceptors (Lipinski definition) is 3. The normalized spacial score (nSPS) is 19.6. The van der Waals surface area contributed by atoms with Crippen LogP contribution in [0.15, 0.2) is 24.3 Å². The molecule has 0 spiro atoms. The molecule has 1 saturated heterocycles. The van der Waals surface area contributed by atoms with E-state index in [9.17, 15) is 14.9 Å². The molecule has 0 aliphatic carbocycles. The average Bonchev–Trinajstić information content (AvgIpc) is 2.38. The Morgan fingerprint density at radius 2 is 2.00 bits per heavy atom. The number of non-ortho nitro benzene ring substituents is 1. The molecule has 1 heterocycles. The van der Waals surface area contributed by atoms with Gasteiger partial charge in [0.2, 0.25) is 0 Å². The van der Waals surface area contributed by atoms with E-state index in [4.69, 9.17) is 0 Å². The minimum atomic E-state index is -0.461. The number of likely N-dealkylation sites (tertiary alicyclic amines) is 1.